The van der Waals surface area contributed by atoms with Gasteiger partial charge >= 0.3 is 5.97 Å². The molecule has 2 nitrogen and oxygen atoms in total. The summed E-state index contributed by atoms with van der Waals surface area (Å²) in [7, 11) is 0. The molecule has 2 heteroatoms. The largest absolute Gasteiger partial charge is 0.462 e. The number of ether oxygens (including phenoxy) is 1. The van der Waals surface area contributed by atoms with Gasteiger partial charge in [0.15, 0.2) is 0 Å². The fourth-order valence-electron chi connectivity index (χ4n) is 2.80. The number of allylic oxidation sites excluding steroid dienone is 1. The van der Waals surface area contributed by atoms with Gasteiger partial charge in [-0.25, -0.2) is 0 Å². The Balaban J connectivity index is 2.03. The molecule has 0 aromatic heterocycles. The molecule has 0 radical (unpaired) electrons. The lowest BCUT2D eigenvalue weighted by Gasteiger charge is -2.37. The Bertz CT molecular complexity index is 245. The van der Waals surface area contributed by atoms with Crippen LogP contribution < -0.4 is 0 Å². The third kappa shape index (κ3) is 1.99. The van der Waals surface area contributed by atoms with Crippen molar-refractivity contribution in [2.45, 2.75) is 45.1 Å². The molecule has 2 aliphatic carbocycles. The van der Waals surface area contributed by atoms with Crippen LogP contribution in [-0.2, 0) is 9.53 Å². The number of hydrogen-bond acceptors (Lipinski definition) is 2. The highest BCUT2D eigenvalue weighted by Gasteiger charge is 2.33. The average Bonchev–Trinajstić information content (AvgIpc) is 2.18. The molecule has 78 valence electrons. The first kappa shape index (κ1) is 9.75. The summed E-state index contributed by atoms with van der Waals surface area (Å²) in [6.07, 6.45) is 10.7. The van der Waals surface area contributed by atoms with Crippen LogP contribution in [-0.4, -0.2) is 12.1 Å². The quantitative estimate of drug-likeness (QED) is 0.474. The second kappa shape index (κ2) is 4.16. The SMILES string of the molecule is CC(=O)O[C@@H]1CC=C[C@@H]2CCCC[C@@H]21. The third-order valence-electron chi connectivity index (χ3n) is 3.42. The minimum Gasteiger partial charge on any atom is -0.462 e. The Hall–Kier alpha value is -0.790. The predicted octanol–water partition coefficient (Wildman–Crippen LogP) is 2.68. The summed E-state index contributed by atoms with van der Waals surface area (Å²) in [6, 6.07) is 0. The molecule has 3 atom stereocenters. The van der Waals surface area contributed by atoms with E-state index < -0.39 is 0 Å². The summed E-state index contributed by atoms with van der Waals surface area (Å²) in [5.41, 5.74) is 0. The summed E-state index contributed by atoms with van der Waals surface area (Å²) < 4.78 is 5.37. The Morgan fingerprint density at radius 2 is 2.14 bits per heavy atom. The maximum absolute atomic E-state index is 10.9. The van der Waals surface area contributed by atoms with Gasteiger partial charge in [0.25, 0.3) is 0 Å². The van der Waals surface area contributed by atoms with Gasteiger partial charge in [-0.1, -0.05) is 25.0 Å². The van der Waals surface area contributed by atoms with E-state index in [1.54, 1.807) is 0 Å². The molecule has 0 saturated heterocycles. The lowest BCUT2D eigenvalue weighted by molar-refractivity contribution is -0.150. The highest BCUT2D eigenvalue weighted by atomic mass is 16.5. The van der Waals surface area contributed by atoms with Gasteiger partial charge in [-0.2, -0.15) is 0 Å². The minimum absolute atomic E-state index is 0.130. The lowest BCUT2D eigenvalue weighted by atomic mass is 9.72. The van der Waals surface area contributed by atoms with E-state index in [9.17, 15) is 4.79 Å². The van der Waals surface area contributed by atoms with Crippen LogP contribution in [0, 0.1) is 11.8 Å². The first-order chi connectivity index (χ1) is 6.77. The fourth-order valence-corrected chi connectivity index (χ4v) is 2.80. The smallest absolute Gasteiger partial charge is 0.302 e. The molecule has 0 spiro atoms. The lowest BCUT2D eigenvalue weighted by Crippen LogP contribution is -2.35. The van der Waals surface area contributed by atoms with E-state index in [2.05, 4.69) is 12.2 Å². The second-order valence-corrected chi connectivity index (χ2v) is 4.42. The average molecular weight is 194 g/mol. The van der Waals surface area contributed by atoms with Crippen molar-refractivity contribution in [3.05, 3.63) is 12.2 Å². The van der Waals surface area contributed by atoms with Gasteiger partial charge in [-0.05, 0) is 18.8 Å². The Morgan fingerprint density at radius 1 is 1.36 bits per heavy atom. The second-order valence-electron chi connectivity index (χ2n) is 4.42. The number of rotatable bonds is 1. The van der Waals surface area contributed by atoms with E-state index in [4.69, 9.17) is 4.74 Å². The van der Waals surface area contributed by atoms with Crippen molar-refractivity contribution in [3.8, 4) is 0 Å². The number of fused-ring (bicyclic) bond motifs is 1. The van der Waals surface area contributed by atoms with Crippen LogP contribution in [0.4, 0.5) is 0 Å². The van der Waals surface area contributed by atoms with Crippen molar-refractivity contribution in [2.75, 3.05) is 0 Å². The van der Waals surface area contributed by atoms with Crippen molar-refractivity contribution in [2.24, 2.45) is 11.8 Å². The molecule has 0 aromatic carbocycles. The van der Waals surface area contributed by atoms with Crippen molar-refractivity contribution in [3.63, 3.8) is 0 Å². The van der Waals surface area contributed by atoms with Gasteiger partial charge in [-0.3, -0.25) is 4.79 Å². The number of hydrogen-bond donors (Lipinski definition) is 0. The normalized spacial score (nSPS) is 36.2. The molecule has 1 fully saturated rings. The molecule has 0 unspecified atom stereocenters. The van der Waals surface area contributed by atoms with Crippen LogP contribution >= 0.6 is 0 Å². The van der Waals surface area contributed by atoms with Crippen LogP contribution in [0.1, 0.15) is 39.0 Å². The van der Waals surface area contributed by atoms with Crippen LogP contribution in [0.3, 0.4) is 0 Å². The molecule has 2 rings (SSSR count). The summed E-state index contributed by atoms with van der Waals surface area (Å²) in [4.78, 5) is 10.9. The minimum atomic E-state index is -0.130. The molecule has 0 heterocycles. The van der Waals surface area contributed by atoms with E-state index in [0.717, 1.165) is 6.42 Å². The molecule has 0 aromatic rings. The molecule has 14 heavy (non-hydrogen) atoms. The molecular weight excluding hydrogens is 176 g/mol. The van der Waals surface area contributed by atoms with Gasteiger partial charge in [0, 0.05) is 19.3 Å². The maximum atomic E-state index is 10.9. The zero-order chi connectivity index (χ0) is 9.97. The van der Waals surface area contributed by atoms with Crippen LogP contribution in [0.25, 0.3) is 0 Å². The number of esters is 1. The van der Waals surface area contributed by atoms with E-state index in [1.165, 1.54) is 32.6 Å². The summed E-state index contributed by atoms with van der Waals surface area (Å²) in [5, 5.41) is 0. The van der Waals surface area contributed by atoms with Crippen LogP contribution in [0.5, 0.6) is 0 Å². The van der Waals surface area contributed by atoms with E-state index in [0.29, 0.717) is 11.8 Å². The zero-order valence-corrected chi connectivity index (χ0v) is 8.74. The fraction of sp³-hybridized carbons (Fsp3) is 0.750. The summed E-state index contributed by atoms with van der Waals surface area (Å²) >= 11 is 0. The predicted molar refractivity (Wildman–Crippen MR) is 54.8 cm³/mol. The first-order valence-corrected chi connectivity index (χ1v) is 5.61. The monoisotopic (exact) mass is 194 g/mol. The van der Waals surface area contributed by atoms with E-state index >= 15 is 0 Å². The Kier molecular flexibility index (Phi) is 2.90. The molecule has 2 aliphatic rings. The molecule has 0 amide bonds. The van der Waals surface area contributed by atoms with Gasteiger partial charge in [-0.15, -0.1) is 0 Å². The Morgan fingerprint density at radius 3 is 2.93 bits per heavy atom. The molecular formula is C12H18O2. The molecule has 1 saturated carbocycles. The van der Waals surface area contributed by atoms with E-state index in [1.807, 2.05) is 0 Å². The topological polar surface area (TPSA) is 26.3 Å². The van der Waals surface area contributed by atoms with Crippen LogP contribution in [0.15, 0.2) is 12.2 Å². The number of carbonyl (C=O) groups is 1. The summed E-state index contributed by atoms with van der Waals surface area (Å²) in [6.45, 7) is 1.51. The highest BCUT2D eigenvalue weighted by Crippen LogP contribution is 2.38. The Labute approximate surface area is 85.3 Å². The van der Waals surface area contributed by atoms with Gasteiger partial charge in [0.1, 0.15) is 6.10 Å². The van der Waals surface area contributed by atoms with Crippen LogP contribution in [0.2, 0.25) is 0 Å². The summed E-state index contributed by atoms with van der Waals surface area (Å²) in [5.74, 6) is 1.13. The molecule has 0 N–H and O–H groups in total. The molecule has 0 aliphatic heterocycles. The maximum Gasteiger partial charge on any atom is 0.302 e. The van der Waals surface area contributed by atoms with Crippen molar-refractivity contribution in [1.82, 2.24) is 0 Å². The third-order valence-corrected chi connectivity index (χ3v) is 3.42. The van der Waals surface area contributed by atoms with Gasteiger partial charge in [0.05, 0.1) is 0 Å². The number of carbonyl (C=O) groups excluding carboxylic acids is 1. The van der Waals surface area contributed by atoms with Crippen molar-refractivity contribution in [1.29, 1.82) is 0 Å². The van der Waals surface area contributed by atoms with Gasteiger partial charge < -0.3 is 4.74 Å². The molecule has 0 bridgehead atoms. The zero-order valence-electron chi connectivity index (χ0n) is 8.74. The highest BCUT2D eigenvalue weighted by molar-refractivity contribution is 5.66. The van der Waals surface area contributed by atoms with Gasteiger partial charge in [0.2, 0.25) is 0 Å². The standard InChI is InChI=1S/C12H18O2/c1-9(13)14-12-8-4-6-10-5-2-3-7-11(10)12/h4,6,10-12H,2-3,5,7-8H2,1H3/t10-,11-,12+/m0/s1. The van der Waals surface area contributed by atoms with Crippen molar-refractivity contribution < 1.29 is 9.53 Å². The van der Waals surface area contributed by atoms with Crippen molar-refractivity contribution >= 4 is 5.97 Å². The first-order valence-electron chi connectivity index (χ1n) is 5.61. The van der Waals surface area contributed by atoms with E-state index in [-0.39, 0.29) is 12.1 Å².